The van der Waals surface area contributed by atoms with Crippen LogP contribution >= 0.6 is 23.1 Å². The molecular formula is C25H20N4O4S2. The van der Waals surface area contributed by atoms with Crippen LogP contribution in [0.15, 0.2) is 58.5 Å². The molecule has 176 valence electrons. The van der Waals surface area contributed by atoms with Crippen LogP contribution in [0.25, 0.3) is 21.8 Å². The van der Waals surface area contributed by atoms with Crippen molar-refractivity contribution in [1.29, 1.82) is 5.26 Å². The number of aromatic amines is 1. The van der Waals surface area contributed by atoms with Crippen LogP contribution in [-0.2, 0) is 0 Å². The smallest absolute Gasteiger partial charge is 0.270 e. The molecule has 0 fully saturated rings. The number of methoxy groups -OCH3 is 2. The fourth-order valence-electron chi connectivity index (χ4n) is 3.38. The van der Waals surface area contributed by atoms with Gasteiger partial charge in [0.25, 0.3) is 5.56 Å². The number of hydrogen-bond acceptors (Lipinski definition) is 9. The Labute approximate surface area is 209 Å². The second-order valence-electron chi connectivity index (χ2n) is 7.29. The molecule has 0 bridgehead atoms. The number of ether oxygens (including phenoxy) is 2. The lowest BCUT2D eigenvalue weighted by Gasteiger charge is -2.10. The summed E-state index contributed by atoms with van der Waals surface area (Å²) in [4.78, 5) is 37.7. The highest BCUT2D eigenvalue weighted by Gasteiger charge is 2.19. The van der Waals surface area contributed by atoms with Crippen molar-refractivity contribution in [2.75, 3.05) is 20.0 Å². The number of thiazole rings is 1. The van der Waals surface area contributed by atoms with E-state index in [1.807, 2.05) is 36.4 Å². The molecule has 2 heterocycles. The van der Waals surface area contributed by atoms with Gasteiger partial charge >= 0.3 is 0 Å². The number of nitriles is 1. The molecule has 2 aromatic carbocycles. The van der Waals surface area contributed by atoms with Gasteiger partial charge in [0.1, 0.15) is 16.6 Å². The summed E-state index contributed by atoms with van der Waals surface area (Å²) in [7, 11) is 3.01. The van der Waals surface area contributed by atoms with Gasteiger partial charge in [-0.25, -0.2) is 9.97 Å². The van der Waals surface area contributed by atoms with Gasteiger partial charge in [-0.3, -0.25) is 9.59 Å². The van der Waals surface area contributed by atoms with E-state index >= 15 is 0 Å². The van der Waals surface area contributed by atoms with E-state index in [0.717, 1.165) is 22.3 Å². The van der Waals surface area contributed by atoms with E-state index in [1.54, 1.807) is 25.1 Å². The van der Waals surface area contributed by atoms with Gasteiger partial charge in [-0.1, -0.05) is 42.1 Å². The molecule has 0 spiro atoms. The number of ketones is 1. The van der Waals surface area contributed by atoms with Crippen LogP contribution in [0.2, 0.25) is 0 Å². The number of nitrogens with one attached hydrogen (secondary N) is 1. The fraction of sp³-hybridized carbons (Fsp3) is 0.160. The predicted molar refractivity (Wildman–Crippen MR) is 135 cm³/mol. The Morgan fingerprint density at radius 3 is 2.51 bits per heavy atom. The van der Waals surface area contributed by atoms with E-state index in [0.29, 0.717) is 27.6 Å². The van der Waals surface area contributed by atoms with Crippen LogP contribution in [0, 0.1) is 18.3 Å². The Morgan fingerprint density at radius 1 is 1.09 bits per heavy atom. The largest absolute Gasteiger partial charge is 0.493 e. The normalized spacial score (nSPS) is 10.6. The second kappa shape index (κ2) is 10.5. The average Bonchev–Trinajstić information content (AvgIpc) is 3.28. The Balaban J connectivity index is 1.60. The molecule has 0 unspecified atom stereocenters. The number of aryl methyl sites for hydroxylation is 1. The molecule has 4 aromatic rings. The van der Waals surface area contributed by atoms with Crippen LogP contribution in [0.4, 0.5) is 0 Å². The number of aromatic nitrogens is 3. The first-order chi connectivity index (χ1) is 16.9. The molecule has 8 nitrogen and oxygen atoms in total. The van der Waals surface area contributed by atoms with Crippen molar-refractivity contribution in [3.63, 3.8) is 0 Å². The number of benzene rings is 2. The van der Waals surface area contributed by atoms with E-state index in [2.05, 4.69) is 15.0 Å². The minimum Gasteiger partial charge on any atom is -0.493 e. The van der Waals surface area contributed by atoms with Gasteiger partial charge in [-0.15, -0.1) is 11.3 Å². The summed E-state index contributed by atoms with van der Waals surface area (Å²) in [5.74, 6) is 0.883. The van der Waals surface area contributed by atoms with Gasteiger partial charge in [0.15, 0.2) is 22.4 Å². The summed E-state index contributed by atoms with van der Waals surface area (Å²) in [5.41, 5.74) is 1.62. The minimum absolute atomic E-state index is 0.0531. The van der Waals surface area contributed by atoms with Gasteiger partial charge in [0.05, 0.1) is 36.2 Å². The maximum Gasteiger partial charge on any atom is 0.270 e. The number of H-pyrrole nitrogens is 1. The second-order valence-corrected chi connectivity index (χ2v) is 9.25. The van der Waals surface area contributed by atoms with Crippen LogP contribution in [0.1, 0.15) is 20.9 Å². The number of Topliss-reactive ketones (excluding diaryl/α,β-unsaturated/α-hetero) is 1. The summed E-state index contributed by atoms with van der Waals surface area (Å²) < 4.78 is 10.6. The third kappa shape index (κ3) is 5.11. The molecule has 35 heavy (non-hydrogen) atoms. The van der Waals surface area contributed by atoms with Crippen molar-refractivity contribution >= 4 is 28.9 Å². The molecular weight excluding hydrogens is 484 g/mol. The summed E-state index contributed by atoms with van der Waals surface area (Å²) in [6.45, 7) is 1.80. The lowest BCUT2D eigenvalue weighted by molar-refractivity contribution is 0.102. The lowest BCUT2D eigenvalue weighted by Crippen LogP contribution is -2.15. The Kier molecular flexibility index (Phi) is 7.29. The zero-order valence-electron chi connectivity index (χ0n) is 19.1. The van der Waals surface area contributed by atoms with E-state index < -0.39 is 5.56 Å². The van der Waals surface area contributed by atoms with Gasteiger partial charge in [0, 0.05) is 11.1 Å². The number of carbonyl (C=O) groups excluding carboxylic acids is 1. The van der Waals surface area contributed by atoms with Crippen molar-refractivity contribution in [3.8, 4) is 39.4 Å². The molecule has 2 aromatic heterocycles. The molecule has 0 radical (unpaired) electrons. The van der Waals surface area contributed by atoms with E-state index in [1.165, 1.54) is 25.6 Å². The Morgan fingerprint density at radius 2 is 1.83 bits per heavy atom. The van der Waals surface area contributed by atoms with Crippen LogP contribution in [0.3, 0.4) is 0 Å². The highest BCUT2D eigenvalue weighted by molar-refractivity contribution is 7.99. The molecule has 1 N–H and O–H groups in total. The summed E-state index contributed by atoms with van der Waals surface area (Å²) >= 11 is 2.43. The molecule has 4 rings (SSSR count). The first kappa shape index (κ1) is 24.2. The lowest BCUT2D eigenvalue weighted by atomic mass is 10.1. The van der Waals surface area contributed by atoms with E-state index in [4.69, 9.17) is 9.47 Å². The van der Waals surface area contributed by atoms with Crippen molar-refractivity contribution in [1.82, 2.24) is 15.0 Å². The number of rotatable bonds is 8. The fourth-order valence-corrected chi connectivity index (χ4v) is 5.21. The molecule has 0 amide bonds. The Hall–Kier alpha value is -3.94. The molecule has 0 saturated heterocycles. The number of carbonyl (C=O) groups is 1. The minimum atomic E-state index is -0.581. The maximum absolute atomic E-state index is 12.9. The third-order valence-corrected chi connectivity index (χ3v) is 7.20. The molecule has 0 aliphatic heterocycles. The third-order valence-electron chi connectivity index (χ3n) is 5.08. The van der Waals surface area contributed by atoms with E-state index in [9.17, 15) is 14.9 Å². The number of hydrogen-bond donors (Lipinski definition) is 1. The van der Waals surface area contributed by atoms with Crippen LogP contribution in [0.5, 0.6) is 11.5 Å². The standard InChI is InChI=1S/C25H20N4O4S2/c1-14-22(35-24(27-14)15-7-5-4-6-8-15)18(30)13-34-25-28-21(17(12-26)23(31)29-25)16-9-10-19(32-2)20(11-16)33-3/h4-11H,13H2,1-3H3,(H,28,29,31). The van der Waals surface area contributed by atoms with Crippen molar-refractivity contribution in [2.24, 2.45) is 0 Å². The van der Waals surface area contributed by atoms with Gasteiger partial charge in [-0.2, -0.15) is 5.26 Å². The molecule has 0 aliphatic rings. The SMILES string of the molecule is COc1ccc(-c2nc(SCC(=O)c3sc(-c4ccccc4)nc3C)[nH]c(=O)c2C#N)cc1OC. The van der Waals surface area contributed by atoms with Gasteiger partial charge < -0.3 is 14.5 Å². The Bertz CT molecular complexity index is 1490. The first-order valence-corrected chi connectivity index (χ1v) is 12.2. The van der Waals surface area contributed by atoms with Crippen molar-refractivity contribution in [3.05, 3.63) is 75.0 Å². The van der Waals surface area contributed by atoms with E-state index in [-0.39, 0.29) is 27.9 Å². The summed E-state index contributed by atoms with van der Waals surface area (Å²) in [5, 5.41) is 10.5. The van der Waals surface area contributed by atoms with Gasteiger partial charge in [0.2, 0.25) is 0 Å². The number of nitrogens with zero attached hydrogens (tertiary/aromatic N) is 3. The summed E-state index contributed by atoms with van der Waals surface area (Å²) in [6, 6.07) is 16.6. The predicted octanol–water partition coefficient (Wildman–Crippen LogP) is 4.73. The quantitative estimate of drug-likeness (QED) is 0.208. The maximum atomic E-state index is 12.9. The first-order valence-electron chi connectivity index (χ1n) is 10.4. The van der Waals surface area contributed by atoms with Gasteiger partial charge in [-0.05, 0) is 25.1 Å². The average molecular weight is 505 g/mol. The zero-order chi connectivity index (χ0) is 24.9. The molecule has 10 heteroatoms. The van der Waals surface area contributed by atoms with Crippen LogP contribution in [-0.4, -0.2) is 40.7 Å². The zero-order valence-corrected chi connectivity index (χ0v) is 20.8. The topological polar surface area (TPSA) is 118 Å². The van der Waals surface area contributed by atoms with Crippen molar-refractivity contribution < 1.29 is 14.3 Å². The molecule has 0 atom stereocenters. The highest BCUT2D eigenvalue weighted by atomic mass is 32.2. The van der Waals surface area contributed by atoms with Crippen molar-refractivity contribution in [2.45, 2.75) is 12.1 Å². The summed E-state index contributed by atoms with van der Waals surface area (Å²) in [6.07, 6.45) is 0. The van der Waals surface area contributed by atoms with Crippen LogP contribution < -0.4 is 15.0 Å². The molecule has 0 saturated carbocycles. The highest BCUT2D eigenvalue weighted by Crippen LogP contribution is 2.33. The molecule has 0 aliphatic carbocycles. The number of thioether (sulfide) groups is 1. The monoisotopic (exact) mass is 504 g/mol.